The lowest BCUT2D eigenvalue weighted by Crippen LogP contribution is -2.38. The smallest absolute Gasteiger partial charge is 0.253 e. The molecule has 0 saturated carbocycles. The van der Waals surface area contributed by atoms with Gasteiger partial charge in [0.15, 0.2) is 0 Å². The lowest BCUT2D eigenvalue weighted by molar-refractivity contribution is -0.120. The van der Waals surface area contributed by atoms with E-state index in [-0.39, 0.29) is 18.4 Å². The first-order chi connectivity index (χ1) is 10.1. The highest BCUT2D eigenvalue weighted by Crippen LogP contribution is 2.17. The van der Waals surface area contributed by atoms with Gasteiger partial charge >= 0.3 is 0 Å². The van der Waals surface area contributed by atoms with E-state index in [1.807, 2.05) is 26.0 Å². The van der Waals surface area contributed by atoms with Crippen molar-refractivity contribution in [3.63, 3.8) is 0 Å². The first-order valence-corrected chi connectivity index (χ1v) is 6.96. The molecule has 0 unspecified atom stereocenters. The van der Waals surface area contributed by atoms with Crippen LogP contribution < -0.4 is 16.0 Å². The Morgan fingerprint density at radius 2 is 2.00 bits per heavy atom. The van der Waals surface area contributed by atoms with Crippen LogP contribution in [-0.2, 0) is 9.53 Å². The number of nitrogens with one attached hydrogen (secondary N) is 3. The molecule has 0 aliphatic rings. The second-order valence-corrected chi connectivity index (χ2v) is 4.60. The van der Waals surface area contributed by atoms with Crippen LogP contribution in [0.1, 0.15) is 22.8 Å². The third-order valence-electron chi connectivity index (χ3n) is 2.82. The molecule has 0 heterocycles. The third-order valence-corrected chi connectivity index (χ3v) is 2.82. The largest absolute Gasteiger partial charge is 0.385 e. The lowest BCUT2D eigenvalue weighted by atomic mass is 10.1. The van der Waals surface area contributed by atoms with Gasteiger partial charge in [0.05, 0.1) is 18.7 Å². The molecule has 1 aromatic rings. The summed E-state index contributed by atoms with van der Waals surface area (Å²) >= 11 is 0. The average Bonchev–Trinajstić information content (AvgIpc) is 2.47. The number of benzene rings is 1. The Morgan fingerprint density at radius 1 is 1.24 bits per heavy atom. The van der Waals surface area contributed by atoms with Crippen molar-refractivity contribution in [2.45, 2.75) is 13.8 Å². The predicted octanol–water partition coefficient (Wildman–Crippen LogP) is 0.919. The number of aryl methyl sites for hydroxylation is 1. The summed E-state index contributed by atoms with van der Waals surface area (Å²) in [4.78, 5) is 23.7. The summed E-state index contributed by atoms with van der Waals surface area (Å²) in [5.74, 6) is -0.505. The maximum Gasteiger partial charge on any atom is 0.253 e. The average molecular weight is 293 g/mol. The second kappa shape index (κ2) is 8.97. The Morgan fingerprint density at radius 3 is 2.67 bits per heavy atom. The van der Waals surface area contributed by atoms with Crippen LogP contribution >= 0.6 is 0 Å². The lowest BCUT2D eigenvalue weighted by Gasteiger charge is -2.12. The van der Waals surface area contributed by atoms with Gasteiger partial charge in [-0.25, -0.2) is 0 Å². The summed E-state index contributed by atoms with van der Waals surface area (Å²) in [6, 6.07) is 5.61. The van der Waals surface area contributed by atoms with Crippen molar-refractivity contribution >= 4 is 17.5 Å². The Labute approximate surface area is 125 Å². The van der Waals surface area contributed by atoms with E-state index in [2.05, 4.69) is 16.0 Å². The zero-order valence-electron chi connectivity index (χ0n) is 12.8. The Kier molecular flexibility index (Phi) is 7.25. The summed E-state index contributed by atoms with van der Waals surface area (Å²) in [6.07, 6.45) is 0. The standard InChI is InChI=1S/C15H23N3O3/c1-4-16-13-6-5-11(2)9-12(13)15(20)18-10-14(19)17-7-8-21-3/h5-6,9,16H,4,7-8,10H2,1-3H3,(H,17,19)(H,18,20). The Hall–Kier alpha value is -2.08. The topological polar surface area (TPSA) is 79.5 Å². The molecule has 0 atom stereocenters. The molecule has 116 valence electrons. The van der Waals surface area contributed by atoms with Crippen molar-refractivity contribution in [3.05, 3.63) is 29.3 Å². The van der Waals surface area contributed by atoms with Crippen molar-refractivity contribution in [2.75, 3.05) is 38.7 Å². The number of ether oxygens (including phenoxy) is 1. The van der Waals surface area contributed by atoms with Gasteiger partial charge in [-0.3, -0.25) is 9.59 Å². The molecule has 0 aliphatic carbocycles. The van der Waals surface area contributed by atoms with Gasteiger partial charge in [0.1, 0.15) is 0 Å². The van der Waals surface area contributed by atoms with E-state index in [4.69, 9.17) is 4.74 Å². The van der Waals surface area contributed by atoms with Gasteiger partial charge in [0.2, 0.25) is 5.91 Å². The maximum atomic E-state index is 12.2. The normalized spacial score (nSPS) is 10.0. The van der Waals surface area contributed by atoms with Crippen LogP contribution in [0.4, 0.5) is 5.69 Å². The highest BCUT2D eigenvalue weighted by atomic mass is 16.5. The quantitative estimate of drug-likeness (QED) is 0.623. The van der Waals surface area contributed by atoms with Crippen LogP contribution in [0.5, 0.6) is 0 Å². The van der Waals surface area contributed by atoms with Gasteiger partial charge in [0.25, 0.3) is 5.91 Å². The highest BCUT2D eigenvalue weighted by Gasteiger charge is 2.12. The molecule has 6 nitrogen and oxygen atoms in total. The third kappa shape index (κ3) is 5.83. The number of hydrogen-bond donors (Lipinski definition) is 3. The number of carbonyl (C=O) groups excluding carboxylic acids is 2. The van der Waals surface area contributed by atoms with Crippen LogP contribution in [0.15, 0.2) is 18.2 Å². The molecule has 0 bridgehead atoms. The summed E-state index contributed by atoms with van der Waals surface area (Å²) in [6.45, 7) is 5.43. The van der Waals surface area contributed by atoms with Gasteiger partial charge in [-0.05, 0) is 26.0 Å². The number of methoxy groups -OCH3 is 1. The fourth-order valence-corrected chi connectivity index (χ4v) is 1.80. The molecule has 0 fully saturated rings. The number of hydrogen-bond acceptors (Lipinski definition) is 4. The van der Waals surface area contributed by atoms with Crippen LogP contribution in [0.25, 0.3) is 0 Å². The molecular weight excluding hydrogens is 270 g/mol. The van der Waals surface area contributed by atoms with E-state index >= 15 is 0 Å². The van der Waals surface area contributed by atoms with Crippen molar-refractivity contribution in [1.29, 1.82) is 0 Å². The predicted molar refractivity (Wildman–Crippen MR) is 82.6 cm³/mol. The van der Waals surface area contributed by atoms with E-state index in [1.165, 1.54) is 0 Å². The van der Waals surface area contributed by atoms with Crippen molar-refractivity contribution in [2.24, 2.45) is 0 Å². The molecule has 2 amide bonds. The number of amides is 2. The molecule has 0 spiro atoms. The van der Waals surface area contributed by atoms with E-state index in [9.17, 15) is 9.59 Å². The first kappa shape index (κ1) is 17.0. The van der Waals surface area contributed by atoms with Gasteiger partial charge < -0.3 is 20.7 Å². The van der Waals surface area contributed by atoms with E-state index < -0.39 is 0 Å². The molecule has 0 aromatic heterocycles. The van der Waals surface area contributed by atoms with E-state index in [0.717, 1.165) is 17.8 Å². The molecule has 1 aromatic carbocycles. The number of anilines is 1. The fraction of sp³-hybridized carbons (Fsp3) is 0.467. The van der Waals surface area contributed by atoms with Crippen molar-refractivity contribution in [1.82, 2.24) is 10.6 Å². The summed E-state index contributed by atoms with van der Waals surface area (Å²) in [5, 5.41) is 8.40. The molecular formula is C15H23N3O3. The van der Waals surface area contributed by atoms with Gasteiger partial charge in [-0.15, -0.1) is 0 Å². The monoisotopic (exact) mass is 293 g/mol. The Balaban J connectivity index is 2.58. The van der Waals surface area contributed by atoms with E-state index in [1.54, 1.807) is 13.2 Å². The van der Waals surface area contributed by atoms with Gasteiger partial charge in [-0.2, -0.15) is 0 Å². The molecule has 3 N–H and O–H groups in total. The number of carbonyl (C=O) groups is 2. The van der Waals surface area contributed by atoms with Crippen LogP contribution in [-0.4, -0.2) is 45.2 Å². The molecule has 0 aliphatic heterocycles. The molecule has 1 rings (SSSR count). The summed E-state index contributed by atoms with van der Waals surface area (Å²) < 4.78 is 4.83. The molecule has 0 radical (unpaired) electrons. The second-order valence-electron chi connectivity index (χ2n) is 4.60. The zero-order valence-corrected chi connectivity index (χ0v) is 12.8. The molecule has 21 heavy (non-hydrogen) atoms. The SMILES string of the molecule is CCNc1ccc(C)cc1C(=O)NCC(=O)NCCOC. The molecule has 6 heteroatoms. The minimum absolute atomic E-state index is 0.0535. The molecule has 0 saturated heterocycles. The summed E-state index contributed by atoms with van der Waals surface area (Å²) in [5.41, 5.74) is 2.30. The zero-order chi connectivity index (χ0) is 15.7. The number of rotatable bonds is 8. The van der Waals surface area contributed by atoms with Crippen molar-refractivity contribution in [3.8, 4) is 0 Å². The van der Waals surface area contributed by atoms with Crippen molar-refractivity contribution < 1.29 is 14.3 Å². The maximum absolute atomic E-state index is 12.2. The van der Waals surface area contributed by atoms with Gasteiger partial charge in [0, 0.05) is 25.9 Å². The van der Waals surface area contributed by atoms with Crippen LogP contribution in [0.3, 0.4) is 0 Å². The first-order valence-electron chi connectivity index (χ1n) is 6.96. The Bertz CT molecular complexity index is 489. The summed E-state index contributed by atoms with van der Waals surface area (Å²) in [7, 11) is 1.56. The van der Waals surface area contributed by atoms with Crippen LogP contribution in [0, 0.1) is 6.92 Å². The van der Waals surface area contributed by atoms with Crippen LogP contribution in [0.2, 0.25) is 0 Å². The minimum Gasteiger partial charge on any atom is -0.385 e. The highest BCUT2D eigenvalue weighted by molar-refractivity contribution is 6.01. The van der Waals surface area contributed by atoms with E-state index in [0.29, 0.717) is 18.7 Å². The van der Waals surface area contributed by atoms with Gasteiger partial charge in [-0.1, -0.05) is 11.6 Å². The minimum atomic E-state index is -0.267. The fourth-order valence-electron chi connectivity index (χ4n) is 1.80.